The van der Waals surface area contributed by atoms with Crippen LogP contribution in [0, 0.1) is 6.92 Å². The SMILES string of the molecule is CCCNC(=O)C(CC)N(Cc1ccccc1C)C(=O)CN(c1ccc2c(c1)OCCO2)S(=O)(=O)CC. The quantitative estimate of drug-likeness (QED) is 0.451. The van der Waals surface area contributed by atoms with Crippen LogP contribution in [0.2, 0.25) is 0 Å². The van der Waals surface area contributed by atoms with Crippen molar-refractivity contribution in [1.29, 1.82) is 0 Å². The van der Waals surface area contributed by atoms with Gasteiger partial charge < -0.3 is 19.7 Å². The molecule has 1 aliphatic heterocycles. The van der Waals surface area contributed by atoms with E-state index in [0.29, 0.717) is 43.4 Å². The van der Waals surface area contributed by atoms with Crippen molar-refractivity contribution in [3.63, 3.8) is 0 Å². The molecule has 3 rings (SSSR count). The molecule has 1 atom stereocenters. The number of hydrogen-bond donors (Lipinski definition) is 1. The van der Waals surface area contributed by atoms with Crippen LogP contribution < -0.4 is 19.1 Å². The maximum atomic E-state index is 13.9. The number of aryl methyl sites for hydroxylation is 1. The number of fused-ring (bicyclic) bond motifs is 1. The summed E-state index contributed by atoms with van der Waals surface area (Å²) in [6, 6.07) is 11.7. The fourth-order valence-corrected chi connectivity index (χ4v) is 5.22. The van der Waals surface area contributed by atoms with Crippen LogP contribution in [0.4, 0.5) is 5.69 Å². The molecule has 1 heterocycles. The standard InChI is InChI=1S/C27H37N3O6S/c1-5-14-28-27(32)23(6-2)29(18-21-11-9-8-10-20(21)4)26(31)19-30(37(33,34)7-3)22-12-13-24-25(17-22)36-16-15-35-24/h8-13,17,23H,5-7,14-16,18-19H2,1-4H3,(H,28,32). The Morgan fingerprint density at radius 2 is 1.73 bits per heavy atom. The zero-order chi connectivity index (χ0) is 27.0. The number of carbonyl (C=O) groups is 2. The van der Waals surface area contributed by atoms with Crippen LogP contribution in [0.3, 0.4) is 0 Å². The topological polar surface area (TPSA) is 105 Å². The number of nitrogens with one attached hydrogen (secondary N) is 1. The van der Waals surface area contributed by atoms with Gasteiger partial charge in [0.15, 0.2) is 11.5 Å². The molecule has 0 spiro atoms. The second kappa shape index (κ2) is 12.8. The summed E-state index contributed by atoms with van der Waals surface area (Å²) in [5.41, 5.74) is 2.18. The summed E-state index contributed by atoms with van der Waals surface area (Å²) in [6.07, 6.45) is 1.15. The van der Waals surface area contributed by atoms with E-state index in [-0.39, 0.29) is 18.2 Å². The van der Waals surface area contributed by atoms with Gasteiger partial charge in [0, 0.05) is 19.2 Å². The van der Waals surface area contributed by atoms with E-state index in [4.69, 9.17) is 9.47 Å². The highest BCUT2D eigenvalue weighted by Crippen LogP contribution is 2.35. The van der Waals surface area contributed by atoms with Gasteiger partial charge >= 0.3 is 0 Å². The Balaban J connectivity index is 1.98. The zero-order valence-electron chi connectivity index (χ0n) is 22.0. The highest BCUT2D eigenvalue weighted by Gasteiger charge is 2.33. The third-order valence-corrected chi connectivity index (χ3v) is 8.07. The van der Waals surface area contributed by atoms with E-state index in [1.807, 2.05) is 45.0 Å². The lowest BCUT2D eigenvalue weighted by Crippen LogP contribution is -2.52. The molecule has 9 nitrogen and oxygen atoms in total. The normalized spacial score (nSPS) is 13.5. The largest absolute Gasteiger partial charge is 0.486 e. The van der Waals surface area contributed by atoms with Crippen molar-refractivity contribution in [3.8, 4) is 11.5 Å². The number of sulfonamides is 1. The van der Waals surface area contributed by atoms with Crippen LogP contribution in [-0.4, -0.2) is 63.2 Å². The molecule has 0 fully saturated rings. The molecule has 0 aromatic heterocycles. The van der Waals surface area contributed by atoms with Crippen LogP contribution in [0.5, 0.6) is 11.5 Å². The number of amides is 2. The van der Waals surface area contributed by atoms with Crippen LogP contribution >= 0.6 is 0 Å². The maximum absolute atomic E-state index is 13.9. The summed E-state index contributed by atoms with van der Waals surface area (Å²) in [6.45, 7) is 8.27. The highest BCUT2D eigenvalue weighted by molar-refractivity contribution is 7.92. The molecule has 0 saturated heterocycles. The fraction of sp³-hybridized carbons (Fsp3) is 0.481. The molecule has 0 saturated carbocycles. The molecule has 37 heavy (non-hydrogen) atoms. The van der Waals surface area contributed by atoms with E-state index in [2.05, 4.69) is 5.32 Å². The second-order valence-corrected chi connectivity index (χ2v) is 11.1. The first-order chi connectivity index (χ1) is 17.7. The van der Waals surface area contributed by atoms with Gasteiger partial charge in [0.2, 0.25) is 21.8 Å². The first-order valence-electron chi connectivity index (χ1n) is 12.7. The molecular weight excluding hydrogens is 494 g/mol. The lowest BCUT2D eigenvalue weighted by atomic mass is 10.1. The van der Waals surface area contributed by atoms with E-state index in [1.54, 1.807) is 18.2 Å². The molecule has 1 aliphatic rings. The van der Waals surface area contributed by atoms with Gasteiger partial charge in [-0.2, -0.15) is 0 Å². The van der Waals surface area contributed by atoms with E-state index in [0.717, 1.165) is 21.9 Å². The van der Waals surface area contributed by atoms with E-state index in [1.165, 1.54) is 11.8 Å². The predicted molar refractivity (Wildman–Crippen MR) is 143 cm³/mol. The summed E-state index contributed by atoms with van der Waals surface area (Å²) in [4.78, 5) is 28.4. The Morgan fingerprint density at radius 3 is 2.38 bits per heavy atom. The second-order valence-electron chi connectivity index (χ2n) is 8.90. The molecule has 1 N–H and O–H groups in total. The Morgan fingerprint density at radius 1 is 1.03 bits per heavy atom. The Hall–Kier alpha value is -3.27. The number of rotatable bonds is 12. The summed E-state index contributed by atoms with van der Waals surface area (Å²) in [7, 11) is -3.83. The third kappa shape index (κ3) is 6.94. The summed E-state index contributed by atoms with van der Waals surface area (Å²) >= 11 is 0. The van der Waals surface area contributed by atoms with Gasteiger partial charge in [-0.3, -0.25) is 13.9 Å². The molecule has 2 aromatic carbocycles. The van der Waals surface area contributed by atoms with Crippen molar-refractivity contribution < 1.29 is 27.5 Å². The van der Waals surface area contributed by atoms with Crippen molar-refractivity contribution in [1.82, 2.24) is 10.2 Å². The Bertz CT molecular complexity index is 1200. The highest BCUT2D eigenvalue weighted by atomic mass is 32.2. The van der Waals surface area contributed by atoms with Gasteiger partial charge in [0.1, 0.15) is 25.8 Å². The van der Waals surface area contributed by atoms with E-state index >= 15 is 0 Å². The summed E-state index contributed by atoms with van der Waals surface area (Å²) < 4.78 is 38.6. The number of nitrogens with zero attached hydrogens (tertiary/aromatic N) is 2. The van der Waals surface area contributed by atoms with Crippen LogP contribution in [0.25, 0.3) is 0 Å². The zero-order valence-corrected chi connectivity index (χ0v) is 22.8. The first kappa shape index (κ1) is 28.3. The number of hydrogen-bond acceptors (Lipinski definition) is 6. The Labute approximate surface area is 219 Å². The van der Waals surface area contributed by atoms with E-state index < -0.39 is 28.5 Å². The van der Waals surface area contributed by atoms with Crippen LogP contribution in [0.15, 0.2) is 42.5 Å². The number of anilines is 1. The first-order valence-corrected chi connectivity index (χ1v) is 14.3. The lowest BCUT2D eigenvalue weighted by Gasteiger charge is -2.33. The molecular formula is C27H37N3O6S. The average molecular weight is 532 g/mol. The van der Waals surface area contributed by atoms with Crippen molar-refractivity contribution >= 4 is 27.5 Å². The molecule has 10 heteroatoms. The monoisotopic (exact) mass is 531 g/mol. The van der Waals surface area contributed by atoms with E-state index in [9.17, 15) is 18.0 Å². The average Bonchev–Trinajstić information content (AvgIpc) is 2.90. The van der Waals surface area contributed by atoms with Gasteiger partial charge in [-0.25, -0.2) is 8.42 Å². The summed E-state index contributed by atoms with van der Waals surface area (Å²) in [5, 5.41) is 2.88. The molecule has 1 unspecified atom stereocenters. The minimum absolute atomic E-state index is 0.185. The van der Waals surface area contributed by atoms with Crippen LogP contribution in [0.1, 0.15) is 44.7 Å². The molecule has 2 amide bonds. The summed E-state index contributed by atoms with van der Waals surface area (Å²) in [5.74, 6) is 0.0366. The van der Waals surface area contributed by atoms with Gasteiger partial charge in [-0.15, -0.1) is 0 Å². The third-order valence-electron chi connectivity index (χ3n) is 6.33. The van der Waals surface area contributed by atoms with Crippen molar-refractivity contribution in [3.05, 3.63) is 53.6 Å². The van der Waals surface area contributed by atoms with Gasteiger partial charge in [0.25, 0.3) is 0 Å². The van der Waals surface area contributed by atoms with Gasteiger partial charge in [-0.1, -0.05) is 38.1 Å². The van der Waals surface area contributed by atoms with Gasteiger partial charge in [-0.05, 0) is 49.9 Å². The number of ether oxygens (including phenoxy) is 2. The number of carbonyl (C=O) groups excluding carboxylic acids is 2. The minimum Gasteiger partial charge on any atom is -0.486 e. The van der Waals surface area contributed by atoms with Crippen LogP contribution in [-0.2, 0) is 26.2 Å². The molecule has 2 aromatic rings. The van der Waals surface area contributed by atoms with Crippen molar-refractivity contribution in [2.24, 2.45) is 0 Å². The number of benzene rings is 2. The molecule has 0 radical (unpaired) electrons. The molecule has 0 aliphatic carbocycles. The van der Waals surface area contributed by atoms with Crippen molar-refractivity contribution in [2.45, 2.75) is 53.1 Å². The smallest absolute Gasteiger partial charge is 0.244 e. The molecule has 202 valence electrons. The molecule has 0 bridgehead atoms. The fourth-order valence-electron chi connectivity index (χ4n) is 4.16. The lowest BCUT2D eigenvalue weighted by molar-refractivity contribution is -0.140. The maximum Gasteiger partial charge on any atom is 0.244 e. The Kier molecular flexibility index (Phi) is 9.79. The van der Waals surface area contributed by atoms with Crippen molar-refractivity contribution in [2.75, 3.05) is 36.4 Å². The predicted octanol–water partition coefficient (Wildman–Crippen LogP) is 3.26. The minimum atomic E-state index is -3.83. The van der Waals surface area contributed by atoms with Gasteiger partial charge in [0.05, 0.1) is 11.4 Å².